The molecule has 1 N–H and O–H groups in total. The molecule has 1 fully saturated rings. The minimum atomic E-state index is -0.414. The molecule has 1 saturated heterocycles. The number of amides is 1. The van der Waals surface area contributed by atoms with Crippen LogP contribution in [0.1, 0.15) is 23.5 Å². The zero-order valence-corrected chi connectivity index (χ0v) is 11.2. The summed E-state index contributed by atoms with van der Waals surface area (Å²) >= 11 is 0. The Morgan fingerprint density at radius 2 is 2.19 bits per heavy atom. The fourth-order valence-electron chi connectivity index (χ4n) is 2.12. The monoisotopic (exact) mass is 291 g/mol. The molecular weight excluding hydrogens is 277 g/mol. The second-order valence-corrected chi connectivity index (χ2v) is 4.78. The summed E-state index contributed by atoms with van der Waals surface area (Å²) in [5.41, 5.74) is 0.557. The SMILES string of the molecule is O=C(NC[C@H]1CCCO1)c1noc(-c2ccc(F)cc2)n1. The molecule has 0 unspecified atom stereocenters. The number of aromatic nitrogens is 2. The lowest BCUT2D eigenvalue weighted by Crippen LogP contribution is -2.32. The third-order valence-corrected chi connectivity index (χ3v) is 3.23. The van der Waals surface area contributed by atoms with Gasteiger partial charge in [0, 0.05) is 18.7 Å². The fourth-order valence-corrected chi connectivity index (χ4v) is 2.12. The van der Waals surface area contributed by atoms with Crippen LogP contribution in [0, 0.1) is 5.82 Å². The third-order valence-electron chi connectivity index (χ3n) is 3.23. The van der Waals surface area contributed by atoms with Crippen molar-refractivity contribution in [3.05, 3.63) is 35.9 Å². The Hall–Kier alpha value is -2.28. The Kier molecular flexibility index (Phi) is 3.92. The quantitative estimate of drug-likeness (QED) is 0.929. The molecule has 0 bridgehead atoms. The van der Waals surface area contributed by atoms with Crippen LogP contribution >= 0.6 is 0 Å². The van der Waals surface area contributed by atoms with E-state index in [9.17, 15) is 9.18 Å². The first kappa shape index (κ1) is 13.7. The number of ether oxygens (including phenoxy) is 1. The average molecular weight is 291 g/mol. The molecule has 3 rings (SSSR count). The van der Waals surface area contributed by atoms with Crippen LogP contribution in [0.2, 0.25) is 0 Å². The van der Waals surface area contributed by atoms with Crippen molar-refractivity contribution in [1.29, 1.82) is 0 Å². The van der Waals surface area contributed by atoms with Gasteiger partial charge in [0.2, 0.25) is 0 Å². The lowest BCUT2D eigenvalue weighted by molar-refractivity contribution is 0.0847. The lowest BCUT2D eigenvalue weighted by Gasteiger charge is -2.08. The number of halogens is 1. The van der Waals surface area contributed by atoms with Crippen LogP contribution in [-0.4, -0.2) is 35.3 Å². The number of nitrogens with zero attached hydrogens (tertiary/aromatic N) is 2. The van der Waals surface area contributed by atoms with Crippen LogP contribution < -0.4 is 5.32 Å². The fraction of sp³-hybridized carbons (Fsp3) is 0.357. The summed E-state index contributed by atoms with van der Waals surface area (Å²) in [4.78, 5) is 15.9. The minimum absolute atomic E-state index is 0.0488. The highest BCUT2D eigenvalue weighted by molar-refractivity contribution is 5.90. The molecule has 2 aromatic rings. The zero-order chi connectivity index (χ0) is 14.7. The summed E-state index contributed by atoms with van der Waals surface area (Å²) in [6.45, 7) is 1.16. The molecule has 1 aliphatic heterocycles. The smallest absolute Gasteiger partial charge is 0.292 e. The van der Waals surface area contributed by atoms with E-state index in [2.05, 4.69) is 15.5 Å². The van der Waals surface area contributed by atoms with Crippen molar-refractivity contribution in [3.8, 4) is 11.5 Å². The number of hydrogen-bond acceptors (Lipinski definition) is 5. The number of nitrogens with one attached hydrogen (secondary N) is 1. The van der Waals surface area contributed by atoms with Crippen molar-refractivity contribution < 1.29 is 18.4 Å². The van der Waals surface area contributed by atoms with Gasteiger partial charge in [0.25, 0.3) is 17.6 Å². The van der Waals surface area contributed by atoms with Gasteiger partial charge < -0.3 is 14.6 Å². The second kappa shape index (κ2) is 6.01. The summed E-state index contributed by atoms with van der Waals surface area (Å²) in [6.07, 6.45) is 2.00. The lowest BCUT2D eigenvalue weighted by atomic mass is 10.2. The van der Waals surface area contributed by atoms with Crippen LogP contribution in [0.25, 0.3) is 11.5 Å². The molecular formula is C14H14FN3O3. The van der Waals surface area contributed by atoms with E-state index in [1.807, 2.05) is 0 Å². The standard InChI is InChI=1S/C14H14FN3O3/c15-10-5-3-9(4-6-10)14-17-12(18-21-14)13(19)16-8-11-2-1-7-20-11/h3-6,11H,1-2,7-8H2,(H,16,19)/t11-/m1/s1. The molecule has 1 aromatic heterocycles. The van der Waals surface area contributed by atoms with Crippen molar-refractivity contribution in [2.24, 2.45) is 0 Å². The third kappa shape index (κ3) is 3.25. The number of carbonyl (C=O) groups is 1. The molecule has 1 aliphatic rings. The highest BCUT2D eigenvalue weighted by atomic mass is 19.1. The normalized spacial score (nSPS) is 17.9. The Bertz CT molecular complexity index is 621. The van der Waals surface area contributed by atoms with Gasteiger partial charge in [0.15, 0.2) is 0 Å². The molecule has 0 spiro atoms. The Labute approximate surface area is 120 Å². The summed E-state index contributed by atoms with van der Waals surface area (Å²) in [7, 11) is 0. The average Bonchev–Trinajstić information content (AvgIpc) is 3.17. The van der Waals surface area contributed by atoms with Crippen LogP contribution in [0.3, 0.4) is 0 Å². The summed E-state index contributed by atoms with van der Waals surface area (Å²) in [5.74, 6) is -0.639. The molecule has 1 amide bonds. The highest BCUT2D eigenvalue weighted by Gasteiger charge is 2.19. The van der Waals surface area contributed by atoms with Crippen LogP contribution in [-0.2, 0) is 4.74 Å². The molecule has 1 aromatic carbocycles. The van der Waals surface area contributed by atoms with E-state index in [0.29, 0.717) is 12.1 Å². The van der Waals surface area contributed by atoms with Crippen LogP contribution in [0.4, 0.5) is 4.39 Å². The van der Waals surface area contributed by atoms with E-state index in [-0.39, 0.29) is 23.6 Å². The largest absolute Gasteiger partial charge is 0.376 e. The molecule has 7 heteroatoms. The number of rotatable bonds is 4. The molecule has 2 heterocycles. The van der Waals surface area contributed by atoms with Crippen LogP contribution in [0.5, 0.6) is 0 Å². The summed E-state index contributed by atoms with van der Waals surface area (Å²) in [5, 5.41) is 6.33. The number of hydrogen-bond donors (Lipinski definition) is 1. The highest BCUT2D eigenvalue weighted by Crippen LogP contribution is 2.17. The Balaban J connectivity index is 1.63. The van der Waals surface area contributed by atoms with E-state index >= 15 is 0 Å². The van der Waals surface area contributed by atoms with Gasteiger partial charge >= 0.3 is 0 Å². The predicted octanol–water partition coefficient (Wildman–Crippen LogP) is 1.78. The number of benzene rings is 1. The topological polar surface area (TPSA) is 77.2 Å². The van der Waals surface area contributed by atoms with E-state index in [4.69, 9.17) is 9.26 Å². The second-order valence-electron chi connectivity index (χ2n) is 4.78. The maximum Gasteiger partial charge on any atom is 0.292 e. The van der Waals surface area contributed by atoms with Crippen molar-refractivity contribution in [2.75, 3.05) is 13.2 Å². The van der Waals surface area contributed by atoms with Crippen molar-refractivity contribution >= 4 is 5.91 Å². The van der Waals surface area contributed by atoms with Gasteiger partial charge in [-0.25, -0.2) is 4.39 Å². The maximum absolute atomic E-state index is 12.8. The van der Waals surface area contributed by atoms with Gasteiger partial charge in [0.05, 0.1) is 6.10 Å². The molecule has 21 heavy (non-hydrogen) atoms. The first-order valence-electron chi connectivity index (χ1n) is 6.72. The first-order chi connectivity index (χ1) is 10.2. The Morgan fingerprint density at radius 3 is 2.90 bits per heavy atom. The zero-order valence-electron chi connectivity index (χ0n) is 11.2. The van der Waals surface area contributed by atoms with Crippen molar-refractivity contribution in [1.82, 2.24) is 15.5 Å². The first-order valence-corrected chi connectivity index (χ1v) is 6.72. The van der Waals surface area contributed by atoms with Crippen molar-refractivity contribution in [2.45, 2.75) is 18.9 Å². The molecule has 0 radical (unpaired) electrons. The molecule has 6 nitrogen and oxygen atoms in total. The summed E-state index contributed by atoms with van der Waals surface area (Å²) < 4.78 is 23.3. The van der Waals surface area contributed by atoms with Gasteiger partial charge in [-0.05, 0) is 37.1 Å². The van der Waals surface area contributed by atoms with Gasteiger partial charge in [0.1, 0.15) is 5.82 Å². The maximum atomic E-state index is 12.8. The van der Waals surface area contributed by atoms with Gasteiger partial charge in [-0.2, -0.15) is 4.98 Å². The van der Waals surface area contributed by atoms with E-state index < -0.39 is 5.91 Å². The predicted molar refractivity (Wildman–Crippen MR) is 71.0 cm³/mol. The molecule has 110 valence electrons. The van der Waals surface area contributed by atoms with E-state index in [1.54, 1.807) is 0 Å². The molecule has 0 saturated carbocycles. The van der Waals surface area contributed by atoms with Crippen LogP contribution in [0.15, 0.2) is 28.8 Å². The van der Waals surface area contributed by atoms with E-state index in [1.165, 1.54) is 24.3 Å². The number of carbonyl (C=O) groups excluding carboxylic acids is 1. The minimum Gasteiger partial charge on any atom is -0.376 e. The van der Waals surface area contributed by atoms with Gasteiger partial charge in [-0.3, -0.25) is 4.79 Å². The Morgan fingerprint density at radius 1 is 1.38 bits per heavy atom. The summed E-state index contributed by atoms with van der Waals surface area (Å²) in [6, 6.07) is 5.60. The molecule has 1 atom stereocenters. The molecule has 0 aliphatic carbocycles. The van der Waals surface area contributed by atoms with E-state index in [0.717, 1.165) is 19.4 Å². The van der Waals surface area contributed by atoms with Crippen molar-refractivity contribution in [3.63, 3.8) is 0 Å². The van der Waals surface area contributed by atoms with Gasteiger partial charge in [-0.1, -0.05) is 5.16 Å². The van der Waals surface area contributed by atoms with Gasteiger partial charge in [-0.15, -0.1) is 0 Å².